The largest absolute Gasteiger partial charge is 0.487 e. The minimum atomic E-state index is -4.34. The first kappa shape index (κ1) is 28.4. The second kappa shape index (κ2) is 11.4. The number of benzene rings is 3. The summed E-state index contributed by atoms with van der Waals surface area (Å²) >= 11 is 0. The number of amides is 1. The summed E-state index contributed by atoms with van der Waals surface area (Å²) in [6.45, 7) is -0.297. The number of azide groups is 1. The number of carbonyl (C=O) groups excluding carboxylic acids is 1. The van der Waals surface area contributed by atoms with Crippen molar-refractivity contribution in [2.45, 2.75) is 13.0 Å². The molecule has 214 valence electrons. The van der Waals surface area contributed by atoms with Gasteiger partial charge in [-0.2, -0.15) is 12.7 Å². The predicted molar refractivity (Wildman–Crippen MR) is 151 cm³/mol. The van der Waals surface area contributed by atoms with Crippen LogP contribution in [0.4, 0.5) is 10.1 Å². The number of rotatable bonds is 10. The van der Waals surface area contributed by atoms with E-state index in [2.05, 4.69) is 10.0 Å². The first-order valence-electron chi connectivity index (χ1n) is 12.5. The van der Waals surface area contributed by atoms with Crippen LogP contribution in [0.3, 0.4) is 0 Å². The molecule has 3 aromatic carbocycles. The highest BCUT2D eigenvalue weighted by atomic mass is 32.2. The third-order valence-corrected chi connectivity index (χ3v) is 9.95. The van der Waals surface area contributed by atoms with E-state index in [0.29, 0.717) is 20.8 Å². The molecule has 0 saturated carbocycles. The number of hydrogen-bond donors (Lipinski definition) is 1. The van der Waals surface area contributed by atoms with E-state index >= 15 is 4.39 Å². The van der Waals surface area contributed by atoms with E-state index in [0.717, 1.165) is 5.56 Å². The van der Waals surface area contributed by atoms with E-state index in [-0.39, 0.29) is 49.6 Å². The summed E-state index contributed by atoms with van der Waals surface area (Å²) in [6, 6.07) is 15.5. The van der Waals surface area contributed by atoms with Crippen molar-refractivity contribution in [1.29, 1.82) is 0 Å². The minimum absolute atomic E-state index is 0.0339. The van der Waals surface area contributed by atoms with Crippen LogP contribution < -0.4 is 13.8 Å². The lowest BCUT2D eigenvalue weighted by molar-refractivity contribution is -0.117. The molecular weight excluding hydrogens is 575 g/mol. The van der Waals surface area contributed by atoms with Gasteiger partial charge in [-0.05, 0) is 46.2 Å². The molecule has 3 aromatic rings. The SMILES string of the molecule is [N-]=[N+]=NCCCS(=O)(=O)N1CC=C(c2ccc3cc(OCc4ccccc4)c(N4CC(=O)NS4(=O)=O)c(F)c3c2)C1. The van der Waals surface area contributed by atoms with Crippen molar-refractivity contribution in [2.75, 3.05) is 36.2 Å². The number of nitrogens with one attached hydrogen (secondary N) is 1. The number of hydrogen-bond acceptors (Lipinski definition) is 7. The third-order valence-electron chi connectivity index (χ3n) is 6.70. The van der Waals surface area contributed by atoms with Crippen LogP contribution in [0.5, 0.6) is 5.75 Å². The molecule has 2 aliphatic heterocycles. The molecule has 1 fully saturated rings. The van der Waals surface area contributed by atoms with Crippen LogP contribution >= 0.6 is 0 Å². The molecule has 0 aliphatic carbocycles. The van der Waals surface area contributed by atoms with Crippen molar-refractivity contribution in [3.05, 3.63) is 88.1 Å². The van der Waals surface area contributed by atoms with Crippen molar-refractivity contribution < 1.29 is 30.8 Å². The Bertz CT molecular complexity index is 1810. The Hall–Kier alpha value is -4.17. The average Bonchev–Trinajstić information content (AvgIpc) is 3.55. The quantitative estimate of drug-likeness (QED) is 0.162. The smallest absolute Gasteiger partial charge is 0.326 e. The molecule has 0 spiro atoms. The summed E-state index contributed by atoms with van der Waals surface area (Å²) in [5.74, 6) is -1.92. The normalized spacial score (nSPS) is 16.9. The summed E-state index contributed by atoms with van der Waals surface area (Å²) in [6.07, 6.45) is 1.92. The minimum Gasteiger partial charge on any atom is -0.487 e. The van der Waals surface area contributed by atoms with Gasteiger partial charge in [0.05, 0.1) is 5.75 Å². The lowest BCUT2D eigenvalue weighted by Crippen LogP contribution is -2.31. The van der Waals surface area contributed by atoms with Gasteiger partial charge in [0.15, 0.2) is 5.82 Å². The highest BCUT2D eigenvalue weighted by molar-refractivity contribution is 7.92. The topological polar surface area (TPSA) is 162 Å². The second-order valence-electron chi connectivity index (χ2n) is 9.43. The monoisotopic (exact) mass is 600 g/mol. The van der Waals surface area contributed by atoms with Crippen molar-refractivity contribution in [3.63, 3.8) is 0 Å². The van der Waals surface area contributed by atoms with Crippen LogP contribution in [0.15, 0.2) is 65.8 Å². The summed E-state index contributed by atoms with van der Waals surface area (Å²) in [4.78, 5) is 14.6. The zero-order valence-corrected chi connectivity index (χ0v) is 23.2. The fourth-order valence-electron chi connectivity index (χ4n) is 4.68. The van der Waals surface area contributed by atoms with Gasteiger partial charge in [0.1, 0.15) is 24.6 Å². The number of nitrogens with zero attached hydrogens (tertiary/aromatic N) is 5. The first-order valence-corrected chi connectivity index (χ1v) is 15.6. The summed E-state index contributed by atoms with van der Waals surface area (Å²) < 4.78 is 76.7. The molecule has 0 aromatic heterocycles. The summed E-state index contributed by atoms with van der Waals surface area (Å²) in [5.41, 5.74) is 9.97. The van der Waals surface area contributed by atoms with Crippen molar-refractivity contribution >= 4 is 48.2 Å². The standard InChI is InChI=1S/C26H25FN6O6S2/c27-25-22-13-19(21-9-11-32(15-21)40(35,36)12-4-10-29-31-28)7-8-20(22)14-23(39-17-18-5-2-1-3-6-18)26(25)33-16-24(34)30-41(33,37)38/h1-3,5-9,13-14H,4,10-12,15-17H2,(H,30,34). The Morgan fingerprint density at radius 3 is 2.61 bits per heavy atom. The fourth-order valence-corrected chi connectivity index (χ4v) is 7.23. The van der Waals surface area contributed by atoms with E-state index in [9.17, 15) is 21.6 Å². The molecule has 0 bridgehead atoms. The van der Waals surface area contributed by atoms with Gasteiger partial charge in [-0.15, -0.1) is 0 Å². The number of sulfonamides is 1. The van der Waals surface area contributed by atoms with E-state index in [4.69, 9.17) is 10.3 Å². The molecule has 0 atom stereocenters. The van der Waals surface area contributed by atoms with E-state index in [1.165, 1.54) is 16.4 Å². The highest BCUT2D eigenvalue weighted by Crippen LogP contribution is 2.40. The Kier molecular flexibility index (Phi) is 7.87. The van der Waals surface area contributed by atoms with Gasteiger partial charge in [0, 0.05) is 29.9 Å². The predicted octanol–water partition coefficient (Wildman–Crippen LogP) is 3.47. The van der Waals surface area contributed by atoms with Gasteiger partial charge >= 0.3 is 10.2 Å². The Balaban J connectivity index is 1.48. The zero-order chi connectivity index (χ0) is 29.2. The fraction of sp³-hybridized carbons (Fsp3) is 0.269. The maximum atomic E-state index is 16.2. The van der Waals surface area contributed by atoms with Gasteiger partial charge in [-0.3, -0.25) is 4.79 Å². The van der Waals surface area contributed by atoms with E-state index in [1.54, 1.807) is 30.3 Å². The molecule has 2 aliphatic rings. The maximum absolute atomic E-state index is 16.2. The number of carbonyl (C=O) groups is 1. The summed E-state index contributed by atoms with van der Waals surface area (Å²) in [7, 11) is -7.95. The molecule has 0 radical (unpaired) electrons. The number of ether oxygens (including phenoxy) is 1. The second-order valence-corrected chi connectivity index (χ2v) is 13.1. The molecule has 1 amide bonds. The lowest BCUT2D eigenvalue weighted by Gasteiger charge is -2.21. The van der Waals surface area contributed by atoms with Gasteiger partial charge in [0.2, 0.25) is 10.0 Å². The van der Waals surface area contributed by atoms with E-state index in [1.807, 2.05) is 22.9 Å². The van der Waals surface area contributed by atoms with Crippen LogP contribution in [0.25, 0.3) is 26.8 Å². The van der Waals surface area contributed by atoms with Crippen LogP contribution in [0.1, 0.15) is 17.5 Å². The van der Waals surface area contributed by atoms with E-state index < -0.39 is 44.2 Å². The molecule has 5 rings (SSSR count). The lowest BCUT2D eigenvalue weighted by atomic mass is 10.0. The van der Waals surface area contributed by atoms with Crippen LogP contribution in [0.2, 0.25) is 0 Å². The van der Waals surface area contributed by atoms with Crippen molar-refractivity contribution in [3.8, 4) is 5.75 Å². The highest BCUT2D eigenvalue weighted by Gasteiger charge is 2.38. The Morgan fingerprint density at radius 1 is 1.12 bits per heavy atom. The van der Waals surface area contributed by atoms with Crippen LogP contribution in [0, 0.1) is 5.82 Å². The van der Waals surface area contributed by atoms with Gasteiger partial charge in [0.25, 0.3) is 5.91 Å². The van der Waals surface area contributed by atoms with Crippen LogP contribution in [-0.4, -0.2) is 59.0 Å². The van der Waals surface area contributed by atoms with Crippen molar-refractivity contribution in [2.24, 2.45) is 5.11 Å². The molecule has 0 unspecified atom stereocenters. The van der Waals surface area contributed by atoms with Crippen molar-refractivity contribution in [1.82, 2.24) is 9.03 Å². The molecule has 15 heteroatoms. The Labute approximate surface area is 235 Å². The first-order chi connectivity index (χ1) is 19.6. The molecule has 1 N–H and O–H groups in total. The molecule has 2 heterocycles. The number of halogens is 1. The third kappa shape index (κ3) is 5.98. The Morgan fingerprint density at radius 2 is 1.90 bits per heavy atom. The average molecular weight is 601 g/mol. The zero-order valence-electron chi connectivity index (χ0n) is 21.6. The van der Waals surface area contributed by atoms with Crippen LogP contribution in [-0.2, 0) is 31.6 Å². The summed E-state index contributed by atoms with van der Waals surface area (Å²) in [5, 5.41) is 3.86. The van der Waals surface area contributed by atoms with Gasteiger partial charge in [-0.25, -0.2) is 21.8 Å². The molecule has 12 nitrogen and oxygen atoms in total. The maximum Gasteiger partial charge on any atom is 0.326 e. The van der Waals surface area contributed by atoms with Gasteiger partial charge in [-0.1, -0.05) is 53.7 Å². The number of anilines is 1. The molecule has 41 heavy (non-hydrogen) atoms. The number of fused-ring (bicyclic) bond motifs is 1. The molecule has 1 saturated heterocycles. The molecular formula is C26H25FN6O6S2. The van der Waals surface area contributed by atoms with Gasteiger partial charge < -0.3 is 4.74 Å².